The molecule has 1 saturated carbocycles. The van der Waals surface area contributed by atoms with Crippen molar-refractivity contribution in [3.63, 3.8) is 0 Å². The van der Waals surface area contributed by atoms with Gasteiger partial charge in [-0.3, -0.25) is 9.79 Å². The SMILES string of the molecule is CC1(C)CC(=O)C(=C(O)C=Cc2ccccc2)C(=Nc2ccc(N=Nc3ccccc3)cc2)C1. The molecule has 0 radical (unpaired) electrons. The molecule has 0 saturated heterocycles. The van der Waals surface area contributed by atoms with Gasteiger partial charge in [0.2, 0.25) is 0 Å². The number of rotatable bonds is 5. The van der Waals surface area contributed by atoms with E-state index in [9.17, 15) is 9.90 Å². The number of carbonyl (C=O) groups is 1. The maximum absolute atomic E-state index is 13.0. The molecule has 0 heterocycles. The Kier molecular flexibility index (Phi) is 6.93. The fourth-order valence-electron chi connectivity index (χ4n) is 3.86. The molecule has 5 nitrogen and oxygen atoms in total. The maximum Gasteiger partial charge on any atom is 0.168 e. The smallest absolute Gasteiger partial charge is 0.168 e. The van der Waals surface area contributed by atoms with E-state index >= 15 is 0 Å². The second-order valence-electron chi connectivity index (χ2n) is 9.06. The van der Waals surface area contributed by atoms with Crippen LogP contribution < -0.4 is 0 Å². The van der Waals surface area contributed by atoms with E-state index in [0.29, 0.717) is 35.5 Å². The van der Waals surface area contributed by atoms with Gasteiger partial charge in [0.15, 0.2) is 5.78 Å². The molecule has 0 aromatic heterocycles. The molecule has 1 aliphatic rings. The molecule has 1 aliphatic carbocycles. The number of allylic oxidation sites excluding steroid dienone is 2. The lowest BCUT2D eigenvalue weighted by molar-refractivity contribution is -0.117. The minimum Gasteiger partial charge on any atom is -0.507 e. The van der Waals surface area contributed by atoms with Crippen LogP contribution in [0.4, 0.5) is 17.1 Å². The van der Waals surface area contributed by atoms with Crippen molar-refractivity contribution in [3.05, 3.63) is 108 Å². The quantitative estimate of drug-likeness (QED) is 0.243. The molecular weight excluding hydrogens is 422 g/mol. The number of ketones is 1. The minimum absolute atomic E-state index is 0.0589. The molecule has 5 heteroatoms. The number of aliphatic imine (C=N–C) groups is 1. The van der Waals surface area contributed by atoms with Crippen LogP contribution in [0, 0.1) is 5.41 Å². The number of nitrogens with zero attached hydrogens (tertiary/aromatic N) is 3. The molecule has 3 aromatic rings. The molecule has 0 aliphatic heterocycles. The van der Waals surface area contributed by atoms with E-state index in [4.69, 9.17) is 4.99 Å². The summed E-state index contributed by atoms with van der Waals surface area (Å²) in [7, 11) is 0. The number of azo groups is 1. The molecule has 1 fully saturated rings. The molecule has 0 unspecified atom stereocenters. The van der Waals surface area contributed by atoms with E-state index < -0.39 is 0 Å². The third kappa shape index (κ3) is 6.01. The Bertz CT molecular complexity index is 1270. The van der Waals surface area contributed by atoms with Crippen molar-refractivity contribution in [2.75, 3.05) is 0 Å². The topological polar surface area (TPSA) is 74.4 Å². The summed E-state index contributed by atoms with van der Waals surface area (Å²) < 4.78 is 0. The predicted octanol–water partition coefficient (Wildman–Crippen LogP) is 8.09. The molecular formula is C29H27N3O2. The number of aliphatic hydroxyl groups is 1. The lowest BCUT2D eigenvalue weighted by atomic mass is 9.73. The second kappa shape index (κ2) is 10.2. The molecule has 3 aromatic carbocycles. The fourth-order valence-corrected chi connectivity index (χ4v) is 3.86. The molecule has 0 atom stereocenters. The Labute approximate surface area is 199 Å². The average molecular weight is 450 g/mol. The van der Waals surface area contributed by atoms with E-state index in [2.05, 4.69) is 10.2 Å². The number of benzene rings is 3. The molecule has 0 spiro atoms. The standard InChI is InChI=1S/C29H27N3O2/c1-29(2)19-25(28(27(34)20-29)26(33)18-13-21-9-5-3-6-10-21)30-22-14-16-24(17-15-22)32-31-23-11-7-4-8-12-23/h3-18,33H,19-20H2,1-2H3. The lowest BCUT2D eigenvalue weighted by Crippen LogP contribution is -2.32. The molecule has 34 heavy (non-hydrogen) atoms. The van der Waals surface area contributed by atoms with Gasteiger partial charge >= 0.3 is 0 Å². The first-order valence-corrected chi connectivity index (χ1v) is 11.2. The van der Waals surface area contributed by atoms with Crippen molar-refractivity contribution in [1.82, 2.24) is 0 Å². The zero-order chi connectivity index (χ0) is 24.0. The van der Waals surface area contributed by atoms with Crippen LogP contribution in [0.3, 0.4) is 0 Å². The Morgan fingerprint density at radius 1 is 0.794 bits per heavy atom. The van der Waals surface area contributed by atoms with Crippen molar-refractivity contribution in [1.29, 1.82) is 0 Å². The van der Waals surface area contributed by atoms with Crippen LogP contribution >= 0.6 is 0 Å². The van der Waals surface area contributed by atoms with Crippen molar-refractivity contribution in [2.45, 2.75) is 26.7 Å². The van der Waals surface area contributed by atoms with Gasteiger partial charge in [0.1, 0.15) is 5.76 Å². The van der Waals surface area contributed by atoms with Gasteiger partial charge in [0.05, 0.1) is 28.3 Å². The largest absolute Gasteiger partial charge is 0.507 e. The Balaban J connectivity index is 1.62. The highest BCUT2D eigenvalue weighted by Crippen LogP contribution is 2.36. The van der Waals surface area contributed by atoms with E-state index in [0.717, 1.165) is 11.3 Å². The van der Waals surface area contributed by atoms with Crippen LogP contribution in [0.25, 0.3) is 6.08 Å². The molecule has 0 amide bonds. The van der Waals surface area contributed by atoms with Gasteiger partial charge in [-0.2, -0.15) is 10.2 Å². The van der Waals surface area contributed by atoms with E-state index in [1.807, 2.05) is 98.8 Å². The Morgan fingerprint density at radius 2 is 1.35 bits per heavy atom. The molecule has 4 rings (SSSR count). The number of aliphatic hydroxyl groups excluding tert-OH is 1. The Hall–Kier alpha value is -4.12. The predicted molar refractivity (Wildman–Crippen MR) is 137 cm³/mol. The average Bonchev–Trinajstić information content (AvgIpc) is 2.82. The first-order valence-electron chi connectivity index (χ1n) is 11.2. The van der Waals surface area contributed by atoms with Crippen LogP contribution in [-0.4, -0.2) is 16.6 Å². The van der Waals surface area contributed by atoms with Crippen LogP contribution in [0.15, 0.2) is 118 Å². The van der Waals surface area contributed by atoms with Gasteiger partial charge in [-0.15, -0.1) is 0 Å². The fraction of sp³-hybridized carbons (Fsp3) is 0.172. The Morgan fingerprint density at radius 3 is 2.00 bits per heavy atom. The number of hydrogen-bond donors (Lipinski definition) is 1. The second-order valence-corrected chi connectivity index (χ2v) is 9.06. The zero-order valence-corrected chi connectivity index (χ0v) is 19.3. The first kappa shape index (κ1) is 23.1. The van der Waals surface area contributed by atoms with Crippen molar-refractivity contribution >= 4 is 34.6 Å². The highest BCUT2D eigenvalue weighted by Gasteiger charge is 2.36. The summed E-state index contributed by atoms with van der Waals surface area (Å²) in [5.74, 6) is -0.158. The lowest BCUT2D eigenvalue weighted by Gasteiger charge is -2.31. The molecule has 0 bridgehead atoms. The van der Waals surface area contributed by atoms with Gasteiger partial charge in [-0.25, -0.2) is 0 Å². The first-order chi connectivity index (χ1) is 16.4. The highest BCUT2D eigenvalue weighted by atomic mass is 16.3. The zero-order valence-electron chi connectivity index (χ0n) is 19.3. The summed E-state index contributed by atoms with van der Waals surface area (Å²) >= 11 is 0. The highest BCUT2D eigenvalue weighted by molar-refractivity contribution is 6.25. The number of Topliss-reactive ketones (excluding diaryl/α,β-unsaturated/α-hetero) is 1. The summed E-state index contributed by atoms with van der Waals surface area (Å²) in [5.41, 5.74) is 3.77. The van der Waals surface area contributed by atoms with Crippen LogP contribution in [0.5, 0.6) is 0 Å². The monoisotopic (exact) mass is 449 g/mol. The van der Waals surface area contributed by atoms with E-state index in [-0.39, 0.29) is 17.0 Å². The summed E-state index contributed by atoms with van der Waals surface area (Å²) in [6.45, 7) is 4.09. The van der Waals surface area contributed by atoms with Gasteiger partial charge in [-0.05, 0) is 59.9 Å². The summed E-state index contributed by atoms with van der Waals surface area (Å²) in [5, 5.41) is 19.3. The van der Waals surface area contributed by atoms with Crippen molar-refractivity contribution in [2.24, 2.45) is 20.6 Å². The maximum atomic E-state index is 13.0. The van der Waals surface area contributed by atoms with Crippen molar-refractivity contribution in [3.8, 4) is 0 Å². The molecule has 1 N–H and O–H groups in total. The van der Waals surface area contributed by atoms with Gasteiger partial charge in [0, 0.05) is 6.42 Å². The summed E-state index contributed by atoms with van der Waals surface area (Å²) in [6.07, 6.45) is 4.32. The third-order valence-electron chi connectivity index (χ3n) is 5.49. The van der Waals surface area contributed by atoms with Gasteiger partial charge in [-0.1, -0.05) is 68.5 Å². The van der Waals surface area contributed by atoms with Gasteiger partial charge in [0.25, 0.3) is 0 Å². The number of hydrogen-bond acceptors (Lipinski definition) is 5. The van der Waals surface area contributed by atoms with Crippen LogP contribution in [-0.2, 0) is 4.79 Å². The third-order valence-corrected chi connectivity index (χ3v) is 5.49. The van der Waals surface area contributed by atoms with E-state index in [1.165, 1.54) is 0 Å². The normalized spacial score (nSPS) is 18.6. The van der Waals surface area contributed by atoms with Crippen molar-refractivity contribution < 1.29 is 9.90 Å². The summed E-state index contributed by atoms with van der Waals surface area (Å²) in [6, 6.07) is 26.5. The van der Waals surface area contributed by atoms with Crippen LogP contribution in [0.2, 0.25) is 0 Å². The summed E-state index contributed by atoms with van der Waals surface area (Å²) in [4.78, 5) is 17.7. The number of carbonyl (C=O) groups excluding carboxylic acids is 1. The minimum atomic E-state index is -0.229. The molecule has 170 valence electrons. The van der Waals surface area contributed by atoms with E-state index in [1.54, 1.807) is 12.2 Å². The van der Waals surface area contributed by atoms with Gasteiger partial charge < -0.3 is 5.11 Å². The van der Waals surface area contributed by atoms with Crippen LogP contribution in [0.1, 0.15) is 32.3 Å².